The molecule has 1 aromatic heterocycles. The average molecular weight is 703 g/mol. The second kappa shape index (κ2) is 12.0. The third-order valence-corrected chi connectivity index (χ3v) is 8.89. The highest BCUT2D eigenvalue weighted by Crippen LogP contribution is 2.42. The number of benzene rings is 3. The van der Waals surface area contributed by atoms with Crippen LogP contribution in [0.1, 0.15) is 69.5 Å². The van der Waals surface area contributed by atoms with Crippen molar-refractivity contribution < 1.29 is 9.47 Å². The summed E-state index contributed by atoms with van der Waals surface area (Å²) in [6.45, 7) is 13.3. The molecule has 0 bridgehead atoms. The molecular weight excluding hydrogens is 664 g/mol. The summed E-state index contributed by atoms with van der Waals surface area (Å²) in [5.74, 6) is 1.57. The van der Waals surface area contributed by atoms with Crippen LogP contribution < -0.4 is 9.47 Å². The molecule has 0 fully saturated rings. The molecule has 0 aliphatic carbocycles. The Morgan fingerprint density at radius 3 is 1.81 bits per heavy atom. The summed E-state index contributed by atoms with van der Waals surface area (Å²) < 4.78 is 13.5. The molecule has 0 atom stereocenters. The van der Waals surface area contributed by atoms with Crippen LogP contribution in [0.5, 0.6) is 11.5 Å². The van der Waals surface area contributed by atoms with Gasteiger partial charge in [0.1, 0.15) is 11.5 Å². The molecule has 0 radical (unpaired) electrons. The van der Waals surface area contributed by atoms with Crippen molar-refractivity contribution >= 4 is 43.1 Å². The molecule has 43 heavy (non-hydrogen) atoms. The van der Waals surface area contributed by atoms with Crippen LogP contribution in [0.3, 0.4) is 0 Å². The third kappa shape index (κ3) is 6.32. The van der Waals surface area contributed by atoms with Gasteiger partial charge in [0.05, 0.1) is 34.6 Å². The summed E-state index contributed by atoms with van der Waals surface area (Å²) in [7, 11) is 3.41. The lowest BCUT2D eigenvalue weighted by Crippen LogP contribution is -2.13. The number of hydrogen-bond donors (Lipinski definition) is 1. The average Bonchev–Trinajstić information content (AvgIpc) is 3.63. The first-order valence-electron chi connectivity index (χ1n) is 14.3. The molecule has 0 unspecified atom stereocenters. The van der Waals surface area contributed by atoms with Gasteiger partial charge in [0, 0.05) is 28.1 Å². The second-order valence-corrected chi connectivity index (χ2v) is 14.5. The van der Waals surface area contributed by atoms with Crippen LogP contribution in [0, 0.1) is 0 Å². The molecule has 1 N–H and O–H groups in total. The summed E-state index contributed by atoms with van der Waals surface area (Å²) in [5, 5.41) is 0. The van der Waals surface area contributed by atoms with Crippen LogP contribution in [0.2, 0.25) is 0 Å². The van der Waals surface area contributed by atoms with Gasteiger partial charge in [0.15, 0.2) is 0 Å². The fourth-order valence-corrected chi connectivity index (χ4v) is 6.50. The van der Waals surface area contributed by atoms with Gasteiger partial charge >= 0.3 is 0 Å². The van der Waals surface area contributed by atoms with Gasteiger partial charge in [-0.25, -0.2) is 4.99 Å². The van der Waals surface area contributed by atoms with Crippen molar-refractivity contribution in [2.24, 2.45) is 4.99 Å². The lowest BCUT2D eigenvalue weighted by Gasteiger charge is -2.22. The summed E-state index contributed by atoms with van der Waals surface area (Å²) in [6, 6.07) is 23.3. The number of nitrogens with zero attached hydrogens (tertiary/aromatic N) is 1. The van der Waals surface area contributed by atoms with Crippen molar-refractivity contribution in [3.05, 3.63) is 121 Å². The first-order chi connectivity index (χ1) is 20.3. The second-order valence-electron chi connectivity index (χ2n) is 12.8. The molecule has 1 aliphatic rings. The van der Waals surface area contributed by atoms with Gasteiger partial charge < -0.3 is 14.5 Å². The zero-order valence-corrected chi connectivity index (χ0v) is 29.2. The van der Waals surface area contributed by atoms with Crippen LogP contribution in [0.15, 0.2) is 98.5 Å². The van der Waals surface area contributed by atoms with E-state index in [1.807, 2.05) is 6.07 Å². The van der Waals surface area contributed by atoms with Crippen LogP contribution in [-0.4, -0.2) is 24.9 Å². The fraction of sp³-hybridized carbons (Fsp3) is 0.270. The molecule has 0 amide bonds. The molecule has 5 rings (SSSR count). The van der Waals surface area contributed by atoms with Crippen LogP contribution >= 0.6 is 31.9 Å². The zero-order valence-electron chi connectivity index (χ0n) is 26.0. The number of methoxy groups -OCH3 is 2. The summed E-state index contributed by atoms with van der Waals surface area (Å²) in [4.78, 5) is 8.90. The number of hydrogen-bond acceptors (Lipinski definition) is 3. The molecule has 4 aromatic rings. The minimum Gasteiger partial charge on any atom is -0.495 e. The predicted octanol–water partition coefficient (Wildman–Crippen LogP) is 10.6. The van der Waals surface area contributed by atoms with E-state index in [0.717, 1.165) is 65.5 Å². The summed E-state index contributed by atoms with van der Waals surface area (Å²) in [5.41, 5.74) is 10.1. The summed E-state index contributed by atoms with van der Waals surface area (Å²) >= 11 is 7.49. The highest BCUT2D eigenvalue weighted by molar-refractivity contribution is 9.11. The standard InChI is InChI=1S/C37H38Br2N2O2/c1-36(2,3)23-18-25(34(42-7)27(38)20-23)29-14-16-31(40-29)33(22-12-10-9-11-13-22)32-17-15-30(41-32)26-19-24(37(4,5)6)21-28(39)35(26)43-8/h9-21,40H,1-8H3/b33-32-. The number of halogens is 2. The number of nitrogens with one attached hydrogen (secondary N) is 1. The molecule has 1 aliphatic heterocycles. The SMILES string of the molecule is COc1c(Br)cc(C(C)(C)C)cc1C1=N/C(=C(/c2ccccc2)c2ccc(-c3cc(C(C)(C)C)cc(Br)c3OC)[nH]2)C=C1. The van der Waals surface area contributed by atoms with Gasteiger partial charge in [-0.15, -0.1) is 0 Å². The number of aliphatic imine (C=N–C) groups is 1. The maximum absolute atomic E-state index is 5.85. The van der Waals surface area contributed by atoms with Gasteiger partial charge in [-0.3, -0.25) is 0 Å². The van der Waals surface area contributed by atoms with Crippen molar-refractivity contribution in [2.75, 3.05) is 14.2 Å². The molecule has 3 aromatic carbocycles. The topological polar surface area (TPSA) is 46.6 Å². The monoisotopic (exact) mass is 700 g/mol. The highest BCUT2D eigenvalue weighted by Gasteiger charge is 2.24. The first kappa shape index (κ1) is 31.1. The molecular formula is C37H38Br2N2O2. The molecule has 222 valence electrons. The largest absolute Gasteiger partial charge is 0.495 e. The predicted molar refractivity (Wildman–Crippen MR) is 187 cm³/mol. The van der Waals surface area contributed by atoms with Crippen molar-refractivity contribution in [1.29, 1.82) is 0 Å². The zero-order chi connectivity index (χ0) is 31.1. The molecule has 2 heterocycles. The normalized spacial score (nSPS) is 14.6. The Hall–Kier alpha value is -3.35. The summed E-state index contributed by atoms with van der Waals surface area (Å²) in [6.07, 6.45) is 4.17. The van der Waals surface area contributed by atoms with E-state index in [9.17, 15) is 0 Å². The van der Waals surface area contributed by atoms with E-state index in [4.69, 9.17) is 14.5 Å². The minimum absolute atomic E-state index is 0.0176. The molecule has 0 saturated heterocycles. The maximum Gasteiger partial charge on any atom is 0.142 e. The molecule has 0 spiro atoms. The van der Waals surface area contributed by atoms with Gasteiger partial charge in [-0.05, 0) is 108 Å². The Labute approximate surface area is 272 Å². The number of H-pyrrole nitrogens is 1. The van der Waals surface area contributed by atoms with E-state index in [1.165, 1.54) is 11.1 Å². The smallest absolute Gasteiger partial charge is 0.142 e. The van der Waals surface area contributed by atoms with Crippen molar-refractivity contribution in [3.8, 4) is 22.8 Å². The Morgan fingerprint density at radius 1 is 0.698 bits per heavy atom. The van der Waals surface area contributed by atoms with Gasteiger partial charge in [-0.1, -0.05) is 71.9 Å². The van der Waals surface area contributed by atoms with Crippen molar-refractivity contribution in [3.63, 3.8) is 0 Å². The fourth-order valence-electron chi connectivity index (χ4n) is 5.25. The van der Waals surface area contributed by atoms with Crippen LogP contribution in [-0.2, 0) is 10.8 Å². The van der Waals surface area contributed by atoms with Crippen molar-refractivity contribution in [1.82, 2.24) is 4.98 Å². The van der Waals surface area contributed by atoms with Gasteiger partial charge in [0.25, 0.3) is 0 Å². The van der Waals surface area contributed by atoms with Gasteiger partial charge in [-0.2, -0.15) is 0 Å². The lowest BCUT2D eigenvalue weighted by molar-refractivity contribution is 0.410. The number of ether oxygens (including phenoxy) is 2. The lowest BCUT2D eigenvalue weighted by atomic mass is 9.85. The Balaban J connectivity index is 1.68. The Bertz CT molecular complexity index is 1760. The Kier molecular flexibility index (Phi) is 8.65. The molecule has 6 heteroatoms. The van der Waals surface area contributed by atoms with E-state index < -0.39 is 0 Å². The number of aromatic amines is 1. The van der Waals surface area contributed by atoms with Gasteiger partial charge in [0.2, 0.25) is 0 Å². The van der Waals surface area contributed by atoms with Crippen LogP contribution in [0.4, 0.5) is 0 Å². The van der Waals surface area contributed by atoms with E-state index in [1.54, 1.807) is 14.2 Å². The quantitative estimate of drug-likeness (QED) is 0.217. The highest BCUT2D eigenvalue weighted by atomic mass is 79.9. The van der Waals surface area contributed by atoms with Crippen molar-refractivity contribution in [2.45, 2.75) is 52.4 Å². The van der Waals surface area contributed by atoms with E-state index in [2.05, 4.69) is 151 Å². The van der Waals surface area contributed by atoms with E-state index in [-0.39, 0.29) is 10.8 Å². The molecule has 0 saturated carbocycles. The number of aromatic nitrogens is 1. The maximum atomic E-state index is 5.85. The van der Waals surface area contributed by atoms with Crippen LogP contribution in [0.25, 0.3) is 16.8 Å². The number of allylic oxidation sites excluding steroid dienone is 2. The first-order valence-corrected chi connectivity index (χ1v) is 15.9. The Morgan fingerprint density at radius 2 is 1.26 bits per heavy atom. The minimum atomic E-state index is -0.0265. The van der Waals surface area contributed by atoms with E-state index in [0.29, 0.717) is 0 Å². The molecule has 4 nitrogen and oxygen atoms in total. The third-order valence-electron chi connectivity index (χ3n) is 7.71. The number of rotatable bonds is 6. The van der Waals surface area contributed by atoms with E-state index >= 15 is 0 Å².